The average Bonchev–Trinajstić information content (AvgIpc) is 2.82. The molecule has 2 heterocycles. The van der Waals surface area contributed by atoms with E-state index < -0.39 is 18.3 Å². The van der Waals surface area contributed by atoms with Gasteiger partial charge in [0.25, 0.3) is 0 Å². The Labute approximate surface area is 194 Å². The average molecular weight is 466 g/mol. The molecule has 0 spiro atoms. The summed E-state index contributed by atoms with van der Waals surface area (Å²) in [6.45, 7) is -0.331. The fourth-order valence-electron chi connectivity index (χ4n) is 4.25. The number of ether oxygens (including phenoxy) is 4. The van der Waals surface area contributed by atoms with Gasteiger partial charge >= 0.3 is 0 Å². The molecule has 0 aliphatic carbocycles. The first kappa shape index (κ1) is 21.7. The molecule has 9 heteroatoms. The van der Waals surface area contributed by atoms with E-state index in [2.05, 4.69) is 0 Å². The third-order valence-corrected chi connectivity index (χ3v) is 5.91. The zero-order valence-electron chi connectivity index (χ0n) is 18.1. The topological polar surface area (TPSA) is 135 Å². The number of aliphatic hydroxyl groups is 1. The molecule has 3 aromatic rings. The summed E-state index contributed by atoms with van der Waals surface area (Å²) in [6, 6.07) is 12.3. The molecule has 5 rings (SSSR count). The number of aromatic hydroxyl groups is 3. The number of hydrogen-bond donors (Lipinski definition) is 4. The molecule has 0 aromatic heterocycles. The molecule has 3 aromatic carbocycles. The molecule has 3 atom stereocenters. The van der Waals surface area contributed by atoms with E-state index in [4.69, 9.17) is 18.9 Å². The molecule has 0 radical (unpaired) electrons. The van der Waals surface area contributed by atoms with Crippen molar-refractivity contribution in [2.75, 3.05) is 13.7 Å². The number of phenolic OH excluding ortho intramolecular Hbond substituents is 3. The second-order valence-electron chi connectivity index (χ2n) is 8.09. The molecular formula is C25H22O9. The number of Topliss-reactive ketones (excluding diaryl/α,β-unsaturated/α-hetero) is 1. The van der Waals surface area contributed by atoms with E-state index in [1.807, 2.05) is 0 Å². The van der Waals surface area contributed by atoms with Crippen LogP contribution in [0.5, 0.6) is 40.2 Å². The van der Waals surface area contributed by atoms with Crippen molar-refractivity contribution < 1.29 is 44.2 Å². The van der Waals surface area contributed by atoms with Gasteiger partial charge in [-0.05, 0) is 29.8 Å². The van der Waals surface area contributed by atoms with Crippen LogP contribution >= 0.6 is 0 Å². The first-order valence-electron chi connectivity index (χ1n) is 10.6. The Morgan fingerprint density at radius 3 is 2.44 bits per heavy atom. The molecule has 4 N–H and O–H groups in total. The van der Waals surface area contributed by atoms with Crippen LogP contribution in [-0.4, -0.2) is 46.0 Å². The third-order valence-electron chi connectivity index (χ3n) is 5.91. The summed E-state index contributed by atoms with van der Waals surface area (Å²) in [6.07, 6.45) is -2.06. The SMILES string of the molecule is COc1cc(C2Oc3ccc([C@@H]4CC(=O)c5c(O)cc(O)cc5O4)cc3OC2CO)ccc1O. The molecule has 0 saturated carbocycles. The number of hydrogen-bond acceptors (Lipinski definition) is 9. The van der Waals surface area contributed by atoms with E-state index in [0.29, 0.717) is 22.6 Å². The van der Waals surface area contributed by atoms with Gasteiger partial charge in [-0.1, -0.05) is 12.1 Å². The maximum absolute atomic E-state index is 12.6. The van der Waals surface area contributed by atoms with Crippen molar-refractivity contribution in [3.05, 3.63) is 65.2 Å². The van der Waals surface area contributed by atoms with Crippen LogP contribution in [0, 0.1) is 0 Å². The highest BCUT2D eigenvalue weighted by Gasteiger charge is 2.35. The Bertz CT molecular complexity index is 1270. The maximum Gasteiger partial charge on any atom is 0.174 e. The van der Waals surface area contributed by atoms with E-state index in [0.717, 1.165) is 6.07 Å². The minimum Gasteiger partial charge on any atom is -0.508 e. The highest BCUT2D eigenvalue weighted by atomic mass is 16.6. The number of carbonyl (C=O) groups is 1. The Morgan fingerprint density at radius 2 is 1.68 bits per heavy atom. The largest absolute Gasteiger partial charge is 0.508 e. The molecule has 9 nitrogen and oxygen atoms in total. The lowest BCUT2D eigenvalue weighted by molar-refractivity contribution is -0.0126. The van der Waals surface area contributed by atoms with Gasteiger partial charge in [0.2, 0.25) is 0 Å². The number of phenols is 3. The fourth-order valence-corrected chi connectivity index (χ4v) is 4.25. The van der Waals surface area contributed by atoms with Crippen LogP contribution in [0.25, 0.3) is 0 Å². The van der Waals surface area contributed by atoms with Crippen LogP contribution in [0.1, 0.15) is 40.1 Å². The Morgan fingerprint density at radius 1 is 0.882 bits per heavy atom. The molecule has 0 fully saturated rings. The van der Waals surface area contributed by atoms with E-state index in [9.17, 15) is 25.2 Å². The summed E-state index contributed by atoms with van der Waals surface area (Å²) in [7, 11) is 1.44. The summed E-state index contributed by atoms with van der Waals surface area (Å²) in [5.74, 6) is 0.311. The van der Waals surface area contributed by atoms with Gasteiger partial charge in [-0.25, -0.2) is 0 Å². The molecular weight excluding hydrogens is 444 g/mol. The monoisotopic (exact) mass is 466 g/mol. The second-order valence-corrected chi connectivity index (χ2v) is 8.09. The predicted octanol–water partition coefficient (Wildman–Crippen LogP) is 3.39. The highest BCUT2D eigenvalue weighted by Crippen LogP contribution is 2.45. The first-order chi connectivity index (χ1) is 16.4. The van der Waals surface area contributed by atoms with Crippen molar-refractivity contribution in [1.82, 2.24) is 0 Å². The van der Waals surface area contributed by atoms with E-state index in [1.165, 1.54) is 19.2 Å². The van der Waals surface area contributed by atoms with Crippen molar-refractivity contribution >= 4 is 5.78 Å². The Balaban J connectivity index is 1.43. The quantitative estimate of drug-likeness (QED) is 0.456. The Hall–Kier alpha value is -4.11. The van der Waals surface area contributed by atoms with Crippen molar-refractivity contribution in [2.24, 2.45) is 0 Å². The van der Waals surface area contributed by atoms with Gasteiger partial charge in [0.15, 0.2) is 41.0 Å². The molecule has 2 aliphatic heterocycles. The smallest absolute Gasteiger partial charge is 0.174 e. The zero-order chi connectivity index (χ0) is 24.0. The van der Waals surface area contributed by atoms with E-state index >= 15 is 0 Å². The highest BCUT2D eigenvalue weighted by molar-refractivity contribution is 6.02. The Kier molecular flexibility index (Phi) is 5.33. The van der Waals surface area contributed by atoms with Crippen LogP contribution < -0.4 is 18.9 Å². The summed E-state index contributed by atoms with van der Waals surface area (Å²) < 4.78 is 23.2. The van der Waals surface area contributed by atoms with E-state index in [-0.39, 0.29) is 53.1 Å². The number of aliphatic hydroxyl groups excluding tert-OH is 1. The number of fused-ring (bicyclic) bond motifs is 2. The van der Waals surface area contributed by atoms with Gasteiger partial charge in [-0.15, -0.1) is 0 Å². The minimum atomic E-state index is -0.736. The van der Waals surface area contributed by atoms with Gasteiger partial charge in [-0.3, -0.25) is 4.79 Å². The van der Waals surface area contributed by atoms with Crippen molar-refractivity contribution in [1.29, 1.82) is 0 Å². The summed E-state index contributed by atoms with van der Waals surface area (Å²) in [5, 5.41) is 39.6. The van der Waals surface area contributed by atoms with Crippen LogP contribution in [-0.2, 0) is 0 Å². The summed E-state index contributed by atoms with van der Waals surface area (Å²) >= 11 is 0. The van der Waals surface area contributed by atoms with Crippen molar-refractivity contribution in [3.8, 4) is 40.2 Å². The summed E-state index contributed by atoms with van der Waals surface area (Å²) in [4.78, 5) is 12.6. The lowest BCUT2D eigenvalue weighted by Gasteiger charge is -2.34. The molecule has 34 heavy (non-hydrogen) atoms. The predicted molar refractivity (Wildman–Crippen MR) is 118 cm³/mol. The zero-order valence-corrected chi connectivity index (χ0v) is 18.1. The maximum atomic E-state index is 12.6. The standard InChI is InChI=1S/C25H22O9/c1-31-20-7-13(2-4-15(20)28)25-23(11-26)33-21-6-12(3-5-18(21)34-25)19-10-17(30)24-16(29)8-14(27)9-22(24)32-19/h2-9,19,23,25-29H,10-11H2,1H3/t19-,23?,25?/m0/s1. The molecule has 176 valence electrons. The van der Waals surface area contributed by atoms with Gasteiger partial charge in [-0.2, -0.15) is 0 Å². The van der Waals surface area contributed by atoms with Gasteiger partial charge < -0.3 is 39.4 Å². The lowest BCUT2D eigenvalue weighted by atomic mass is 9.95. The van der Waals surface area contributed by atoms with Crippen LogP contribution in [0.4, 0.5) is 0 Å². The number of rotatable bonds is 4. The lowest BCUT2D eigenvalue weighted by Crippen LogP contribution is -2.36. The van der Waals surface area contributed by atoms with Gasteiger partial charge in [0.1, 0.15) is 28.9 Å². The molecule has 0 amide bonds. The van der Waals surface area contributed by atoms with Crippen LogP contribution in [0.3, 0.4) is 0 Å². The number of benzene rings is 3. The van der Waals surface area contributed by atoms with Crippen LogP contribution in [0.2, 0.25) is 0 Å². The fraction of sp³-hybridized carbons (Fsp3) is 0.240. The number of carbonyl (C=O) groups excluding carboxylic acids is 1. The summed E-state index contributed by atoms with van der Waals surface area (Å²) in [5.41, 5.74) is 1.32. The van der Waals surface area contributed by atoms with Crippen molar-refractivity contribution in [3.63, 3.8) is 0 Å². The minimum absolute atomic E-state index is 0.00959. The second kappa shape index (κ2) is 8.35. The molecule has 0 saturated heterocycles. The van der Waals surface area contributed by atoms with E-state index in [1.54, 1.807) is 30.3 Å². The van der Waals surface area contributed by atoms with Crippen molar-refractivity contribution in [2.45, 2.75) is 24.7 Å². The normalized spacial score (nSPS) is 20.9. The number of methoxy groups -OCH3 is 1. The van der Waals surface area contributed by atoms with Gasteiger partial charge in [0, 0.05) is 17.7 Å². The first-order valence-corrected chi connectivity index (χ1v) is 10.6. The third kappa shape index (κ3) is 3.69. The molecule has 2 aliphatic rings. The number of ketones is 1. The van der Waals surface area contributed by atoms with Gasteiger partial charge in [0.05, 0.1) is 20.1 Å². The molecule has 0 bridgehead atoms. The van der Waals surface area contributed by atoms with Crippen LogP contribution in [0.15, 0.2) is 48.5 Å². The molecule has 2 unspecified atom stereocenters.